The number of fused-ring (bicyclic) bond motifs is 2. The predicted octanol–water partition coefficient (Wildman–Crippen LogP) is 5.15. The monoisotopic (exact) mass is 374 g/mol. The van der Waals surface area contributed by atoms with Crippen molar-refractivity contribution in [3.05, 3.63) is 71.8 Å². The molecule has 4 heteroatoms. The Morgan fingerprint density at radius 1 is 0.750 bits per heavy atom. The molecule has 0 aliphatic heterocycles. The van der Waals surface area contributed by atoms with E-state index in [1.54, 1.807) is 26.0 Å². The van der Waals surface area contributed by atoms with Crippen molar-refractivity contribution >= 4 is 45.6 Å². The summed E-state index contributed by atoms with van der Waals surface area (Å²) in [6, 6.07) is 16.1. The first-order valence-electron chi connectivity index (χ1n) is 9.27. The Balaban J connectivity index is 2.13. The van der Waals surface area contributed by atoms with E-state index in [0.29, 0.717) is 13.2 Å². The summed E-state index contributed by atoms with van der Waals surface area (Å²) in [5.41, 5.74) is 1.81. The van der Waals surface area contributed by atoms with Gasteiger partial charge in [-0.2, -0.15) is 0 Å². The Bertz CT molecular complexity index is 991. The summed E-state index contributed by atoms with van der Waals surface area (Å²) in [6.45, 7) is 4.23. The van der Waals surface area contributed by atoms with Crippen LogP contribution in [-0.2, 0) is 19.1 Å². The van der Waals surface area contributed by atoms with Gasteiger partial charge in [-0.15, -0.1) is 0 Å². The Hall–Kier alpha value is -3.40. The van der Waals surface area contributed by atoms with Crippen LogP contribution in [-0.4, -0.2) is 25.2 Å². The topological polar surface area (TPSA) is 52.6 Å². The number of hydrogen-bond acceptors (Lipinski definition) is 4. The van der Waals surface area contributed by atoms with E-state index in [4.69, 9.17) is 9.47 Å². The third-order valence-electron chi connectivity index (χ3n) is 4.32. The van der Waals surface area contributed by atoms with Gasteiger partial charge in [-0.25, -0.2) is 9.59 Å². The maximum atomic E-state index is 11.7. The fourth-order valence-corrected chi connectivity index (χ4v) is 3.06. The number of carbonyl (C=O) groups excluding carboxylic acids is 2. The van der Waals surface area contributed by atoms with E-state index in [-0.39, 0.29) is 11.9 Å². The number of esters is 2. The van der Waals surface area contributed by atoms with Crippen molar-refractivity contribution in [2.24, 2.45) is 0 Å². The third kappa shape index (κ3) is 4.46. The third-order valence-corrected chi connectivity index (χ3v) is 4.32. The lowest BCUT2D eigenvalue weighted by atomic mass is 9.95. The molecule has 0 amide bonds. The minimum Gasteiger partial charge on any atom is -0.463 e. The molecule has 0 radical (unpaired) electrons. The summed E-state index contributed by atoms with van der Waals surface area (Å²) in [5, 5.41) is 4.19. The standard InChI is InChI=1S/C24H22O4/c1-3-27-23(25)13-11-17-9-10-18(12-14-24(26)28-4-2)22-16-20-8-6-5-7-19(20)15-21(17)22/h5-16H,3-4H2,1-2H3/b13-11+,14-12+. The Kier molecular flexibility index (Phi) is 6.22. The van der Waals surface area contributed by atoms with Crippen LogP contribution in [0, 0.1) is 0 Å². The van der Waals surface area contributed by atoms with E-state index in [1.807, 2.05) is 24.3 Å². The minimum atomic E-state index is -0.372. The molecule has 28 heavy (non-hydrogen) atoms. The average molecular weight is 374 g/mol. The second-order valence-electron chi connectivity index (χ2n) is 6.16. The molecular weight excluding hydrogens is 352 g/mol. The molecule has 0 heterocycles. The van der Waals surface area contributed by atoms with Gasteiger partial charge in [0.25, 0.3) is 0 Å². The Morgan fingerprint density at radius 2 is 1.18 bits per heavy atom. The molecule has 3 rings (SSSR count). The molecule has 0 aliphatic carbocycles. The zero-order valence-corrected chi connectivity index (χ0v) is 16.0. The molecule has 0 saturated heterocycles. The van der Waals surface area contributed by atoms with Crippen LogP contribution in [0.1, 0.15) is 25.0 Å². The number of benzene rings is 3. The lowest BCUT2D eigenvalue weighted by molar-refractivity contribution is -0.138. The van der Waals surface area contributed by atoms with Crippen LogP contribution in [0.15, 0.2) is 60.7 Å². The summed E-state index contributed by atoms with van der Waals surface area (Å²) in [4.78, 5) is 23.4. The second-order valence-corrected chi connectivity index (χ2v) is 6.16. The SMILES string of the molecule is CCOC(=O)/C=C/c1ccc(/C=C/C(=O)OCC)c2cc3ccccc3cc12. The van der Waals surface area contributed by atoms with Crippen LogP contribution in [0.4, 0.5) is 0 Å². The van der Waals surface area contributed by atoms with E-state index in [2.05, 4.69) is 24.3 Å². The van der Waals surface area contributed by atoms with E-state index in [1.165, 1.54) is 12.2 Å². The number of carbonyl (C=O) groups is 2. The molecule has 0 N–H and O–H groups in total. The summed E-state index contributed by atoms with van der Waals surface area (Å²) in [5.74, 6) is -0.745. The number of ether oxygens (including phenoxy) is 2. The van der Waals surface area contributed by atoms with Gasteiger partial charge in [0.1, 0.15) is 0 Å². The molecule has 0 fully saturated rings. The van der Waals surface area contributed by atoms with E-state index in [9.17, 15) is 9.59 Å². The maximum Gasteiger partial charge on any atom is 0.330 e. The first-order chi connectivity index (χ1) is 13.6. The van der Waals surface area contributed by atoms with Crippen LogP contribution in [0.5, 0.6) is 0 Å². The molecular formula is C24H22O4. The van der Waals surface area contributed by atoms with Crippen LogP contribution in [0.25, 0.3) is 33.7 Å². The molecule has 0 spiro atoms. The molecule has 0 aliphatic rings. The van der Waals surface area contributed by atoms with Crippen molar-refractivity contribution in [2.45, 2.75) is 13.8 Å². The predicted molar refractivity (Wildman–Crippen MR) is 113 cm³/mol. The molecule has 3 aromatic carbocycles. The van der Waals surface area contributed by atoms with Crippen molar-refractivity contribution < 1.29 is 19.1 Å². The second kappa shape index (κ2) is 9.00. The first kappa shape index (κ1) is 19.4. The summed E-state index contributed by atoms with van der Waals surface area (Å²) in [6.07, 6.45) is 6.38. The van der Waals surface area contributed by atoms with Crippen molar-refractivity contribution in [1.29, 1.82) is 0 Å². The van der Waals surface area contributed by atoms with Gasteiger partial charge < -0.3 is 9.47 Å². The van der Waals surface area contributed by atoms with Crippen LogP contribution in [0.2, 0.25) is 0 Å². The van der Waals surface area contributed by atoms with Gasteiger partial charge >= 0.3 is 11.9 Å². The highest BCUT2D eigenvalue weighted by Crippen LogP contribution is 2.30. The number of hydrogen-bond donors (Lipinski definition) is 0. The molecule has 0 aromatic heterocycles. The van der Waals surface area contributed by atoms with Crippen molar-refractivity contribution in [3.63, 3.8) is 0 Å². The zero-order valence-electron chi connectivity index (χ0n) is 16.0. The van der Waals surface area contributed by atoms with Crippen LogP contribution < -0.4 is 0 Å². The van der Waals surface area contributed by atoms with E-state index in [0.717, 1.165) is 32.7 Å². The van der Waals surface area contributed by atoms with Gasteiger partial charge in [-0.05, 0) is 70.8 Å². The molecule has 0 saturated carbocycles. The molecule has 0 bridgehead atoms. The van der Waals surface area contributed by atoms with Gasteiger partial charge in [-0.1, -0.05) is 36.4 Å². The molecule has 142 valence electrons. The Morgan fingerprint density at radius 3 is 1.57 bits per heavy atom. The lowest BCUT2D eigenvalue weighted by Crippen LogP contribution is -1.99. The molecule has 0 atom stereocenters. The van der Waals surface area contributed by atoms with Gasteiger partial charge in [0.05, 0.1) is 13.2 Å². The van der Waals surface area contributed by atoms with Gasteiger partial charge in [0.2, 0.25) is 0 Å². The highest BCUT2D eigenvalue weighted by atomic mass is 16.5. The highest BCUT2D eigenvalue weighted by molar-refractivity contribution is 6.06. The minimum absolute atomic E-state index is 0.339. The van der Waals surface area contributed by atoms with Crippen LogP contribution in [0.3, 0.4) is 0 Å². The van der Waals surface area contributed by atoms with E-state index < -0.39 is 0 Å². The summed E-state index contributed by atoms with van der Waals surface area (Å²) in [7, 11) is 0. The van der Waals surface area contributed by atoms with Gasteiger partial charge in [-0.3, -0.25) is 0 Å². The number of rotatable bonds is 6. The van der Waals surface area contributed by atoms with Crippen molar-refractivity contribution in [3.8, 4) is 0 Å². The quantitative estimate of drug-likeness (QED) is 0.340. The average Bonchev–Trinajstić information content (AvgIpc) is 2.70. The Labute approximate surface area is 164 Å². The largest absolute Gasteiger partial charge is 0.463 e. The first-order valence-corrected chi connectivity index (χ1v) is 9.27. The lowest BCUT2D eigenvalue weighted by Gasteiger charge is -2.09. The van der Waals surface area contributed by atoms with E-state index >= 15 is 0 Å². The highest BCUT2D eigenvalue weighted by Gasteiger charge is 2.07. The van der Waals surface area contributed by atoms with Crippen molar-refractivity contribution in [2.75, 3.05) is 13.2 Å². The molecule has 3 aromatic rings. The smallest absolute Gasteiger partial charge is 0.330 e. The van der Waals surface area contributed by atoms with Crippen LogP contribution >= 0.6 is 0 Å². The molecule has 4 nitrogen and oxygen atoms in total. The fourth-order valence-electron chi connectivity index (χ4n) is 3.06. The molecule has 0 unspecified atom stereocenters. The van der Waals surface area contributed by atoms with Gasteiger partial charge in [0.15, 0.2) is 0 Å². The maximum absolute atomic E-state index is 11.7. The van der Waals surface area contributed by atoms with Gasteiger partial charge in [0, 0.05) is 12.2 Å². The fraction of sp³-hybridized carbons (Fsp3) is 0.167. The van der Waals surface area contributed by atoms with Crippen molar-refractivity contribution in [1.82, 2.24) is 0 Å². The summed E-state index contributed by atoms with van der Waals surface area (Å²) >= 11 is 0. The normalized spacial score (nSPS) is 11.5. The summed E-state index contributed by atoms with van der Waals surface area (Å²) < 4.78 is 9.94. The zero-order chi connectivity index (χ0) is 19.9.